The highest BCUT2D eigenvalue weighted by atomic mass is 19.4. The fourth-order valence-electron chi connectivity index (χ4n) is 3.10. The molecule has 0 unspecified atom stereocenters. The van der Waals surface area contributed by atoms with E-state index in [-0.39, 0.29) is 23.0 Å². The van der Waals surface area contributed by atoms with Gasteiger partial charge in [-0.1, -0.05) is 5.21 Å². The van der Waals surface area contributed by atoms with E-state index in [2.05, 4.69) is 31.2 Å². The van der Waals surface area contributed by atoms with Gasteiger partial charge in [0.25, 0.3) is 5.91 Å². The summed E-state index contributed by atoms with van der Waals surface area (Å²) in [6.45, 7) is 0. The maximum atomic E-state index is 13.2. The molecular weight excluding hydrogens is 479 g/mol. The van der Waals surface area contributed by atoms with E-state index in [1.807, 2.05) is 0 Å². The highest BCUT2D eigenvalue weighted by Gasteiger charge is 2.31. The first kappa shape index (κ1) is 24.2. The highest BCUT2D eigenvalue weighted by molar-refractivity contribution is 6.01. The van der Waals surface area contributed by atoms with Gasteiger partial charge >= 0.3 is 12.2 Å². The standard InChI is InChI=1S/C23H18F3N7O3/c1-27-21(34)19-13-17(8-9-28-19)36-16-5-3-15(4-6-16)30-22(35)31-18-12-14(23(24,25)26)2-7-20(18)33-11-10-29-32-33/h2-13H,1H3,(H,27,34)(H2,30,31,35). The number of halogens is 3. The van der Waals surface area contributed by atoms with Crippen molar-refractivity contribution < 1.29 is 27.5 Å². The zero-order chi connectivity index (χ0) is 25.7. The summed E-state index contributed by atoms with van der Waals surface area (Å²) >= 11 is 0. The van der Waals surface area contributed by atoms with Crippen LogP contribution in [0, 0.1) is 0 Å². The summed E-state index contributed by atoms with van der Waals surface area (Å²) in [5, 5.41) is 14.8. The van der Waals surface area contributed by atoms with E-state index in [1.165, 1.54) is 42.5 Å². The van der Waals surface area contributed by atoms with Crippen LogP contribution in [-0.4, -0.2) is 39.0 Å². The first-order valence-corrected chi connectivity index (χ1v) is 10.3. The maximum absolute atomic E-state index is 13.2. The number of ether oxygens (including phenoxy) is 1. The molecule has 0 aliphatic rings. The third-order valence-electron chi connectivity index (χ3n) is 4.78. The molecule has 2 aromatic carbocycles. The Morgan fingerprint density at radius 1 is 0.944 bits per heavy atom. The summed E-state index contributed by atoms with van der Waals surface area (Å²) in [4.78, 5) is 28.2. The summed E-state index contributed by atoms with van der Waals surface area (Å²) in [7, 11) is 1.49. The molecule has 13 heteroatoms. The third-order valence-corrected chi connectivity index (χ3v) is 4.78. The number of aromatic nitrogens is 4. The van der Waals surface area contributed by atoms with Gasteiger partial charge < -0.3 is 20.7 Å². The normalized spacial score (nSPS) is 11.0. The molecule has 0 saturated heterocycles. The van der Waals surface area contributed by atoms with Crippen molar-refractivity contribution in [3.63, 3.8) is 0 Å². The number of carbonyl (C=O) groups excluding carboxylic acids is 2. The van der Waals surface area contributed by atoms with E-state index in [9.17, 15) is 22.8 Å². The predicted octanol–water partition coefficient (Wildman–Crippen LogP) is 4.48. The Labute approximate surface area is 202 Å². The van der Waals surface area contributed by atoms with Crippen LogP contribution >= 0.6 is 0 Å². The van der Waals surface area contributed by atoms with Gasteiger partial charge in [0.05, 0.1) is 29.3 Å². The molecule has 2 heterocycles. The number of hydrogen-bond acceptors (Lipinski definition) is 6. The Balaban J connectivity index is 1.46. The molecule has 3 N–H and O–H groups in total. The number of alkyl halides is 3. The van der Waals surface area contributed by atoms with Crippen molar-refractivity contribution in [2.45, 2.75) is 6.18 Å². The van der Waals surface area contributed by atoms with Crippen LogP contribution < -0.4 is 20.7 Å². The van der Waals surface area contributed by atoms with Crippen molar-refractivity contribution in [1.29, 1.82) is 0 Å². The number of hydrogen-bond donors (Lipinski definition) is 3. The van der Waals surface area contributed by atoms with Crippen LogP contribution in [0.2, 0.25) is 0 Å². The molecule has 4 aromatic rings. The summed E-state index contributed by atoms with van der Waals surface area (Å²) in [5.74, 6) is 0.437. The van der Waals surface area contributed by atoms with Crippen molar-refractivity contribution in [3.05, 3.63) is 84.4 Å². The quantitative estimate of drug-likeness (QED) is 0.361. The van der Waals surface area contributed by atoms with Crippen LogP contribution in [0.4, 0.5) is 29.3 Å². The fourth-order valence-corrected chi connectivity index (χ4v) is 3.10. The van der Waals surface area contributed by atoms with Crippen molar-refractivity contribution in [2.24, 2.45) is 0 Å². The van der Waals surface area contributed by atoms with Gasteiger partial charge in [0.15, 0.2) is 0 Å². The van der Waals surface area contributed by atoms with Crippen molar-refractivity contribution in [1.82, 2.24) is 25.3 Å². The Morgan fingerprint density at radius 2 is 1.72 bits per heavy atom. The molecule has 36 heavy (non-hydrogen) atoms. The van der Waals surface area contributed by atoms with E-state index in [0.717, 1.165) is 12.1 Å². The predicted molar refractivity (Wildman–Crippen MR) is 123 cm³/mol. The Hall–Kier alpha value is -4.94. The number of nitrogens with zero attached hydrogens (tertiary/aromatic N) is 4. The van der Waals surface area contributed by atoms with Gasteiger partial charge in [-0.15, -0.1) is 5.10 Å². The van der Waals surface area contributed by atoms with E-state index < -0.39 is 17.8 Å². The zero-order valence-corrected chi connectivity index (χ0v) is 18.6. The number of urea groups is 1. The Kier molecular flexibility index (Phi) is 6.81. The summed E-state index contributed by atoms with van der Waals surface area (Å²) < 4.78 is 46.5. The molecule has 0 bridgehead atoms. The van der Waals surface area contributed by atoms with Crippen LogP contribution in [0.5, 0.6) is 11.5 Å². The van der Waals surface area contributed by atoms with E-state index in [4.69, 9.17) is 4.74 Å². The number of benzene rings is 2. The number of pyridine rings is 1. The zero-order valence-electron chi connectivity index (χ0n) is 18.6. The molecule has 10 nitrogen and oxygen atoms in total. The van der Waals surface area contributed by atoms with Crippen LogP contribution in [0.1, 0.15) is 16.1 Å². The van der Waals surface area contributed by atoms with Crippen LogP contribution in [-0.2, 0) is 6.18 Å². The second-order valence-corrected chi connectivity index (χ2v) is 7.24. The highest BCUT2D eigenvalue weighted by Crippen LogP contribution is 2.33. The molecule has 0 radical (unpaired) electrons. The van der Waals surface area contributed by atoms with E-state index in [1.54, 1.807) is 30.3 Å². The second-order valence-electron chi connectivity index (χ2n) is 7.24. The largest absolute Gasteiger partial charge is 0.457 e. The molecule has 0 fully saturated rings. The number of nitrogens with one attached hydrogen (secondary N) is 3. The van der Waals surface area contributed by atoms with Gasteiger partial charge in [-0.2, -0.15) is 13.2 Å². The Bertz CT molecular complexity index is 1370. The lowest BCUT2D eigenvalue weighted by molar-refractivity contribution is -0.137. The molecule has 0 spiro atoms. The van der Waals surface area contributed by atoms with Gasteiger partial charge in [0, 0.05) is 25.0 Å². The van der Waals surface area contributed by atoms with Crippen molar-refractivity contribution in [3.8, 4) is 17.2 Å². The van der Waals surface area contributed by atoms with Crippen LogP contribution in [0.3, 0.4) is 0 Å². The molecule has 184 valence electrons. The van der Waals surface area contributed by atoms with Gasteiger partial charge in [0.2, 0.25) is 0 Å². The van der Waals surface area contributed by atoms with Gasteiger partial charge in [0.1, 0.15) is 17.2 Å². The maximum Gasteiger partial charge on any atom is 0.416 e. The SMILES string of the molecule is CNC(=O)c1cc(Oc2ccc(NC(=O)Nc3cc(C(F)(F)F)ccc3-n3ccnn3)cc2)ccn1. The molecule has 2 aromatic heterocycles. The molecule has 0 aliphatic heterocycles. The molecular formula is C23H18F3N7O3. The van der Waals surface area contributed by atoms with Gasteiger partial charge in [-0.3, -0.25) is 9.78 Å². The summed E-state index contributed by atoms with van der Waals surface area (Å²) in [5.41, 5.74) is -0.302. The topological polar surface area (TPSA) is 123 Å². The molecule has 3 amide bonds. The number of anilines is 2. The molecule has 0 atom stereocenters. The summed E-state index contributed by atoms with van der Waals surface area (Å²) in [6, 6.07) is 11.4. The van der Waals surface area contributed by atoms with Crippen LogP contribution in [0.15, 0.2) is 73.2 Å². The van der Waals surface area contributed by atoms with E-state index >= 15 is 0 Å². The average Bonchev–Trinajstić information content (AvgIpc) is 3.39. The first-order valence-electron chi connectivity index (χ1n) is 10.3. The molecule has 0 saturated carbocycles. The molecule has 4 rings (SSSR count). The lowest BCUT2D eigenvalue weighted by atomic mass is 10.1. The minimum absolute atomic E-state index is 0.114. The lowest BCUT2D eigenvalue weighted by Gasteiger charge is -2.15. The number of carbonyl (C=O) groups is 2. The number of amides is 3. The lowest BCUT2D eigenvalue weighted by Crippen LogP contribution is -2.21. The third kappa shape index (κ3) is 5.75. The first-order chi connectivity index (χ1) is 17.2. The van der Waals surface area contributed by atoms with E-state index in [0.29, 0.717) is 17.2 Å². The van der Waals surface area contributed by atoms with Crippen LogP contribution in [0.25, 0.3) is 5.69 Å². The van der Waals surface area contributed by atoms with Gasteiger partial charge in [-0.25, -0.2) is 9.48 Å². The smallest absolute Gasteiger partial charge is 0.416 e. The monoisotopic (exact) mass is 497 g/mol. The average molecular weight is 497 g/mol. The minimum atomic E-state index is -4.60. The minimum Gasteiger partial charge on any atom is -0.457 e. The van der Waals surface area contributed by atoms with Crippen molar-refractivity contribution >= 4 is 23.3 Å². The Morgan fingerprint density at radius 3 is 2.39 bits per heavy atom. The number of rotatable bonds is 6. The van der Waals surface area contributed by atoms with Crippen molar-refractivity contribution in [2.75, 3.05) is 17.7 Å². The van der Waals surface area contributed by atoms with Gasteiger partial charge in [-0.05, 0) is 48.5 Å². The second kappa shape index (κ2) is 10.1. The fraction of sp³-hybridized carbons (Fsp3) is 0.0870. The molecule has 0 aliphatic carbocycles. The summed E-state index contributed by atoms with van der Waals surface area (Å²) in [6.07, 6.45) is -0.373.